The van der Waals surface area contributed by atoms with Crippen molar-refractivity contribution in [1.82, 2.24) is 5.32 Å². The van der Waals surface area contributed by atoms with Gasteiger partial charge in [-0.1, -0.05) is 55.7 Å². The lowest BCUT2D eigenvalue weighted by molar-refractivity contribution is 0.613. The normalized spacial score (nSPS) is 17.0. The van der Waals surface area contributed by atoms with Gasteiger partial charge in [-0.25, -0.2) is 0 Å². The first-order chi connectivity index (χ1) is 12.3. The highest BCUT2D eigenvalue weighted by atomic mass is 14.9. The van der Waals surface area contributed by atoms with E-state index in [1.54, 1.807) is 0 Å². The molecule has 2 aromatic rings. The van der Waals surface area contributed by atoms with Crippen molar-refractivity contribution in [3.63, 3.8) is 0 Å². The van der Waals surface area contributed by atoms with E-state index in [4.69, 9.17) is 5.73 Å². The van der Waals surface area contributed by atoms with Gasteiger partial charge in [-0.3, -0.25) is 0 Å². The van der Waals surface area contributed by atoms with Crippen molar-refractivity contribution in [1.29, 1.82) is 0 Å². The molecule has 2 heteroatoms. The van der Waals surface area contributed by atoms with E-state index < -0.39 is 0 Å². The van der Waals surface area contributed by atoms with Gasteiger partial charge in [0.05, 0.1) is 0 Å². The zero-order chi connectivity index (χ0) is 17.3. The Balaban J connectivity index is 1.30. The third-order valence-electron chi connectivity index (χ3n) is 5.36. The summed E-state index contributed by atoms with van der Waals surface area (Å²) in [4.78, 5) is 0. The van der Waals surface area contributed by atoms with Crippen LogP contribution in [0.25, 0.3) is 0 Å². The van der Waals surface area contributed by atoms with Gasteiger partial charge in [0.1, 0.15) is 0 Å². The molecule has 3 N–H and O–H groups in total. The van der Waals surface area contributed by atoms with Crippen molar-refractivity contribution in [2.75, 3.05) is 18.8 Å². The number of unbranched alkanes of at least 4 members (excludes halogenated alkanes) is 4. The Hall–Kier alpha value is -1.80. The summed E-state index contributed by atoms with van der Waals surface area (Å²) in [7, 11) is 0. The second kappa shape index (κ2) is 9.62. The molecule has 1 atom stereocenters. The van der Waals surface area contributed by atoms with Gasteiger partial charge in [-0.2, -0.15) is 0 Å². The summed E-state index contributed by atoms with van der Waals surface area (Å²) < 4.78 is 0. The number of hydrogen-bond donors (Lipinski definition) is 2. The highest BCUT2D eigenvalue weighted by molar-refractivity contribution is 5.40. The average molecular weight is 337 g/mol. The highest BCUT2D eigenvalue weighted by Crippen LogP contribution is 2.23. The van der Waals surface area contributed by atoms with Gasteiger partial charge in [0, 0.05) is 12.2 Å². The Bertz CT molecular complexity index is 644. The fraction of sp³-hybridized carbons (Fsp3) is 0.478. The number of benzene rings is 2. The zero-order valence-electron chi connectivity index (χ0n) is 15.3. The first-order valence-electron chi connectivity index (χ1n) is 9.95. The second-order valence-corrected chi connectivity index (χ2v) is 7.45. The molecule has 134 valence electrons. The molecule has 0 amide bonds. The van der Waals surface area contributed by atoms with Crippen LogP contribution in [0.2, 0.25) is 0 Å². The van der Waals surface area contributed by atoms with Gasteiger partial charge in [0.25, 0.3) is 0 Å². The Morgan fingerprint density at radius 3 is 2.20 bits per heavy atom. The smallest absolute Gasteiger partial charge is 0.0316 e. The van der Waals surface area contributed by atoms with Crippen LogP contribution in [0, 0.1) is 0 Å². The van der Waals surface area contributed by atoms with Gasteiger partial charge in [-0.15, -0.1) is 0 Å². The third-order valence-corrected chi connectivity index (χ3v) is 5.36. The number of nitrogen functional groups attached to an aromatic ring is 1. The summed E-state index contributed by atoms with van der Waals surface area (Å²) in [6, 6.07) is 17.6. The number of aryl methyl sites for hydroxylation is 2. The van der Waals surface area contributed by atoms with Gasteiger partial charge in [-0.05, 0) is 73.4 Å². The Labute approximate surface area is 152 Å². The summed E-state index contributed by atoms with van der Waals surface area (Å²) in [5, 5.41) is 3.47. The number of anilines is 1. The van der Waals surface area contributed by atoms with Crippen LogP contribution >= 0.6 is 0 Å². The number of nitrogens with one attached hydrogen (secondary N) is 1. The Morgan fingerprint density at radius 2 is 1.52 bits per heavy atom. The summed E-state index contributed by atoms with van der Waals surface area (Å²) in [6.07, 6.45) is 10.3. The first-order valence-corrected chi connectivity index (χ1v) is 9.95. The van der Waals surface area contributed by atoms with Crippen LogP contribution < -0.4 is 11.1 Å². The van der Waals surface area contributed by atoms with E-state index in [1.165, 1.54) is 68.2 Å². The van der Waals surface area contributed by atoms with Gasteiger partial charge >= 0.3 is 0 Å². The molecule has 0 bridgehead atoms. The molecule has 1 aliphatic rings. The monoisotopic (exact) mass is 336 g/mol. The van der Waals surface area contributed by atoms with Crippen molar-refractivity contribution in [3.8, 4) is 0 Å². The molecule has 2 nitrogen and oxygen atoms in total. The predicted molar refractivity (Wildman–Crippen MR) is 108 cm³/mol. The maximum atomic E-state index is 5.83. The molecular formula is C23H32N2. The van der Waals surface area contributed by atoms with E-state index in [9.17, 15) is 0 Å². The number of hydrogen-bond acceptors (Lipinski definition) is 2. The van der Waals surface area contributed by atoms with Crippen molar-refractivity contribution >= 4 is 5.69 Å². The molecule has 1 aliphatic heterocycles. The van der Waals surface area contributed by atoms with E-state index in [0.717, 1.165) is 24.6 Å². The van der Waals surface area contributed by atoms with Crippen LogP contribution in [0.15, 0.2) is 48.5 Å². The SMILES string of the molecule is Nc1cccc(CCCCCCCc2cccc(C3CCNC3)c2)c1. The van der Waals surface area contributed by atoms with Gasteiger partial charge < -0.3 is 11.1 Å². The minimum atomic E-state index is 0.729. The lowest BCUT2D eigenvalue weighted by Crippen LogP contribution is -2.08. The van der Waals surface area contributed by atoms with E-state index in [2.05, 4.69) is 47.8 Å². The molecule has 3 rings (SSSR count). The Morgan fingerprint density at radius 1 is 0.840 bits per heavy atom. The average Bonchev–Trinajstić information content (AvgIpc) is 3.16. The molecular weight excluding hydrogens is 304 g/mol. The van der Waals surface area contributed by atoms with Crippen molar-refractivity contribution < 1.29 is 0 Å². The largest absolute Gasteiger partial charge is 0.399 e. The van der Waals surface area contributed by atoms with Crippen LogP contribution in [0.4, 0.5) is 5.69 Å². The van der Waals surface area contributed by atoms with E-state index in [-0.39, 0.29) is 0 Å². The van der Waals surface area contributed by atoms with Crippen LogP contribution in [0.1, 0.15) is 61.1 Å². The molecule has 1 saturated heterocycles. The molecule has 1 fully saturated rings. The molecule has 0 radical (unpaired) electrons. The quantitative estimate of drug-likeness (QED) is 0.495. The van der Waals surface area contributed by atoms with Crippen molar-refractivity contribution in [2.45, 2.75) is 57.3 Å². The predicted octanol–water partition coefficient (Wildman–Crippen LogP) is 5.08. The number of nitrogens with two attached hydrogens (primary N) is 1. The molecule has 0 aliphatic carbocycles. The minimum absolute atomic E-state index is 0.729. The molecule has 1 unspecified atom stereocenters. The summed E-state index contributed by atoms with van der Waals surface area (Å²) in [6.45, 7) is 2.32. The molecule has 2 aromatic carbocycles. The van der Waals surface area contributed by atoms with Crippen LogP contribution in [-0.4, -0.2) is 13.1 Å². The van der Waals surface area contributed by atoms with Gasteiger partial charge in [0.15, 0.2) is 0 Å². The van der Waals surface area contributed by atoms with E-state index in [0.29, 0.717) is 0 Å². The standard InChI is InChI=1S/C23H32N2/c24-23-13-7-11-20(17-23)9-5-3-1-2-4-8-19-10-6-12-21(16-19)22-14-15-25-18-22/h6-7,10-13,16-17,22,25H,1-5,8-9,14-15,18,24H2. The summed E-state index contributed by atoms with van der Waals surface area (Å²) in [5.74, 6) is 0.729. The first kappa shape index (κ1) is 18.0. The molecule has 0 aromatic heterocycles. The van der Waals surface area contributed by atoms with Crippen molar-refractivity contribution in [3.05, 3.63) is 65.2 Å². The highest BCUT2D eigenvalue weighted by Gasteiger charge is 2.16. The number of rotatable bonds is 9. The van der Waals surface area contributed by atoms with Crippen LogP contribution in [0.5, 0.6) is 0 Å². The lowest BCUT2D eigenvalue weighted by Gasteiger charge is -2.10. The van der Waals surface area contributed by atoms with Crippen LogP contribution in [-0.2, 0) is 12.8 Å². The topological polar surface area (TPSA) is 38.0 Å². The maximum Gasteiger partial charge on any atom is 0.0316 e. The summed E-state index contributed by atoms with van der Waals surface area (Å²) in [5.41, 5.74) is 11.1. The Kier molecular flexibility index (Phi) is 6.93. The van der Waals surface area contributed by atoms with E-state index >= 15 is 0 Å². The molecule has 1 heterocycles. The van der Waals surface area contributed by atoms with Crippen LogP contribution in [0.3, 0.4) is 0 Å². The zero-order valence-corrected chi connectivity index (χ0v) is 15.3. The van der Waals surface area contributed by atoms with Crippen molar-refractivity contribution in [2.24, 2.45) is 0 Å². The molecule has 0 saturated carbocycles. The lowest BCUT2D eigenvalue weighted by atomic mass is 9.95. The van der Waals surface area contributed by atoms with Gasteiger partial charge in [0.2, 0.25) is 0 Å². The fourth-order valence-electron chi connectivity index (χ4n) is 3.88. The minimum Gasteiger partial charge on any atom is -0.399 e. The maximum absolute atomic E-state index is 5.83. The third kappa shape index (κ3) is 5.89. The van der Waals surface area contributed by atoms with E-state index in [1.807, 2.05) is 6.07 Å². The molecule has 0 spiro atoms. The fourth-order valence-corrected chi connectivity index (χ4v) is 3.88. The summed E-state index contributed by atoms with van der Waals surface area (Å²) >= 11 is 0. The second-order valence-electron chi connectivity index (χ2n) is 7.45. The molecule has 25 heavy (non-hydrogen) atoms.